The Kier molecular flexibility index (Phi) is 3.87. The van der Waals surface area contributed by atoms with Crippen molar-refractivity contribution in [2.45, 2.75) is 39.4 Å². The summed E-state index contributed by atoms with van der Waals surface area (Å²) < 4.78 is 10.2. The first-order chi connectivity index (χ1) is 9.31. The summed E-state index contributed by atoms with van der Waals surface area (Å²) in [5.41, 5.74) is -0.295. The summed E-state index contributed by atoms with van der Waals surface area (Å²) in [5.74, 6) is -0.715. The molecule has 0 saturated carbocycles. The molecule has 1 amide bonds. The Morgan fingerprint density at radius 1 is 1.40 bits per heavy atom. The maximum atomic E-state index is 12.0. The first kappa shape index (κ1) is 14.6. The molecule has 112 valence electrons. The lowest BCUT2D eigenvalue weighted by atomic mass is 10.0. The molecule has 0 aromatic carbocycles. The molecule has 0 aromatic heterocycles. The number of carbonyl (C=O) groups is 2. The maximum absolute atomic E-state index is 12.0. The van der Waals surface area contributed by atoms with Gasteiger partial charge in [0.15, 0.2) is 11.8 Å². The van der Waals surface area contributed by atoms with Gasteiger partial charge in [-0.3, -0.25) is 0 Å². The van der Waals surface area contributed by atoms with Gasteiger partial charge in [-0.1, -0.05) is 5.16 Å². The third-order valence-electron chi connectivity index (χ3n) is 3.04. The SMILES string of the molecule is CCOC(=O)C1=NO[C@H]2CN(C(=O)OC(C)(C)C)C[C@H]12. The number of fused-ring (bicyclic) bond motifs is 1. The smallest absolute Gasteiger partial charge is 0.410 e. The number of esters is 1. The number of amides is 1. The van der Waals surface area contributed by atoms with Crippen LogP contribution in [0.3, 0.4) is 0 Å². The van der Waals surface area contributed by atoms with E-state index in [1.54, 1.807) is 6.92 Å². The Morgan fingerprint density at radius 3 is 2.70 bits per heavy atom. The van der Waals surface area contributed by atoms with Crippen LogP contribution in [0, 0.1) is 5.92 Å². The summed E-state index contributed by atoms with van der Waals surface area (Å²) >= 11 is 0. The van der Waals surface area contributed by atoms with Crippen LogP contribution in [0.25, 0.3) is 0 Å². The predicted molar refractivity (Wildman–Crippen MR) is 70.2 cm³/mol. The fourth-order valence-electron chi connectivity index (χ4n) is 2.20. The van der Waals surface area contributed by atoms with Gasteiger partial charge in [-0.05, 0) is 27.7 Å². The normalized spacial score (nSPS) is 24.8. The highest BCUT2D eigenvalue weighted by atomic mass is 16.7. The quantitative estimate of drug-likeness (QED) is 0.711. The molecule has 7 nitrogen and oxygen atoms in total. The van der Waals surface area contributed by atoms with E-state index in [0.717, 1.165) is 0 Å². The number of hydrogen-bond donors (Lipinski definition) is 0. The minimum atomic E-state index is -0.548. The van der Waals surface area contributed by atoms with Gasteiger partial charge in [0.2, 0.25) is 0 Å². The van der Waals surface area contributed by atoms with Gasteiger partial charge < -0.3 is 19.2 Å². The Hall–Kier alpha value is -1.79. The highest BCUT2D eigenvalue weighted by Crippen LogP contribution is 2.28. The van der Waals surface area contributed by atoms with Crippen molar-refractivity contribution in [3.8, 4) is 0 Å². The number of rotatable bonds is 2. The van der Waals surface area contributed by atoms with E-state index in [1.165, 1.54) is 4.90 Å². The van der Waals surface area contributed by atoms with Crippen LogP contribution in [-0.2, 0) is 19.1 Å². The minimum Gasteiger partial charge on any atom is -0.461 e. The summed E-state index contributed by atoms with van der Waals surface area (Å²) in [5, 5.41) is 3.77. The Labute approximate surface area is 117 Å². The molecule has 2 atom stereocenters. The van der Waals surface area contributed by atoms with E-state index < -0.39 is 17.7 Å². The van der Waals surface area contributed by atoms with Gasteiger partial charge in [-0.15, -0.1) is 0 Å². The Balaban J connectivity index is 1.97. The Bertz CT molecular complexity index is 441. The van der Waals surface area contributed by atoms with E-state index in [9.17, 15) is 9.59 Å². The molecular formula is C13H20N2O5. The molecule has 2 rings (SSSR count). The summed E-state index contributed by atoms with van der Waals surface area (Å²) in [6.45, 7) is 8.17. The molecule has 2 aliphatic rings. The average Bonchev–Trinajstić information content (AvgIpc) is 2.85. The van der Waals surface area contributed by atoms with Gasteiger partial charge >= 0.3 is 12.1 Å². The molecule has 0 aromatic rings. The van der Waals surface area contributed by atoms with Gasteiger partial charge in [-0.25, -0.2) is 9.59 Å². The lowest BCUT2D eigenvalue weighted by Crippen LogP contribution is -2.36. The predicted octanol–water partition coefficient (Wildman–Crippen LogP) is 1.17. The van der Waals surface area contributed by atoms with E-state index in [1.807, 2.05) is 20.8 Å². The summed E-state index contributed by atoms with van der Waals surface area (Å²) in [4.78, 5) is 30.5. The summed E-state index contributed by atoms with van der Waals surface area (Å²) in [6, 6.07) is 0. The lowest BCUT2D eigenvalue weighted by molar-refractivity contribution is -0.135. The molecule has 2 aliphatic heterocycles. The van der Waals surface area contributed by atoms with Crippen LogP contribution in [0.2, 0.25) is 0 Å². The van der Waals surface area contributed by atoms with Gasteiger partial charge in [0, 0.05) is 6.54 Å². The van der Waals surface area contributed by atoms with Crippen molar-refractivity contribution >= 4 is 17.8 Å². The monoisotopic (exact) mass is 284 g/mol. The highest BCUT2D eigenvalue weighted by Gasteiger charge is 2.47. The van der Waals surface area contributed by atoms with Gasteiger partial charge in [0.25, 0.3) is 0 Å². The fraction of sp³-hybridized carbons (Fsp3) is 0.769. The second-order valence-electron chi connectivity index (χ2n) is 5.83. The van der Waals surface area contributed by atoms with Crippen LogP contribution in [0.15, 0.2) is 5.16 Å². The van der Waals surface area contributed by atoms with Crippen molar-refractivity contribution in [1.82, 2.24) is 4.90 Å². The fourth-order valence-corrected chi connectivity index (χ4v) is 2.20. The second-order valence-corrected chi connectivity index (χ2v) is 5.83. The van der Waals surface area contributed by atoms with E-state index in [0.29, 0.717) is 13.1 Å². The van der Waals surface area contributed by atoms with E-state index >= 15 is 0 Å². The average molecular weight is 284 g/mol. The van der Waals surface area contributed by atoms with Crippen molar-refractivity contribution in [3.63, 3.8) is 0 Å². The molecule has 0 N–H and O–H groups in total. The van der Waals surface area contributed by atoms with Crippen molar-refractivity contribution in [2.75, 3.05) is 19.7 Å². The largest absolute Gasteiger partial charge is 0.461 e. The van der Waals surface area contributed by atoms with Gasteiger partial charge in [0.05, 0.1) is 19.1 Å². The molecule has 0 bridgehead atoms. The van der Waals surface area contributed by atoms with Crippen molar-refractivity contribution in [1.29, 1.82) is 0 Å². The molecule has 0 radical (unpaired) electrons. The molecule has 7 heteroatoms. The third kappa shape index (κ3) is 3.02. The zero-order valence-electron chi connectivity index (χ0n) is 12.2. The minimum absolute atomic E-state index is 0.235. The van der Waals surface area contributed by atoms with Crippen LogP contribution in [0.5, 0.6) is 0 Å². The number of likely N-dealkylation sites (tertiary alicyclic amines) is 1. The third-order valence-corrected chi connectivity index (χ3v) is 3.04. The zero-order chi connectivity index (χ0) is 14.9. The summed E-state index contributed by atoms with van der Waals surface area (Å²) in [7, 11) is 0. The first-order valence-corrected chi connectivity index (χ1v) is 6.70. The molecule has 1 fully saturated rings. The Morgan fingerprint density at radius 2 is 2.10 bits per heavy atom. The van der Waals surface area contributed by atoms with Crippen molar-refractivity contribution in [3.05, 3.63) is 0 Å². The van der Waals surface area contributed by atoms with E-state index in [4.69, 9.17) is 14.3 Å². The lowest BCUT2D eigenvalue weighted by Gasteiger charge is -2.24. The maximum Gasteiger partial charge on any atom is 0.410 e. The number of hydrogen-bond acceptors (Lipinski definition) is 6. The molecule has 0 aliphatic carbocycles. The molecule has 20 heavy (non-hydrogen) atoms. The molecule has 0 spiro atoms. The zero-order valence-corrected chi connectivity index (χ0v) is 12.2. The number of carbonyl (C=O) groups excluding carboxylic acids is 2. The van der Waals surface area contributed by atoms with Crippen LogP contribution < -0.4 is 0 Å². The van der Waals surface area contributed by atoms with E-state index in [-0.39, 0.29) is 24.3 Å². The van der Waals surface area contributed by atoms with Gasteiger partial charge in [-0.2, -0.15) is 0 Å². The van der Waals surface area contributed by atoms with E-state index in [2.05, 4.69) is 5.16 Å². The first-order valence-electron chi connectivity index (χ1n) is 6.70. The molecule has 2 heterocycles. The number of ether oxygens (including phenoxy) is 2. The van der Waals surface area contributed by atoms with Crippen LogP contribution >= 0.6 is 0 Å². The standard InChI is InChI=1S/C13H20N2O5/c1-5-18-11(16)10-8-6-15(7-9(8)20-14-10)12(17)19-13(2,3)4/h8-9H,5-7H2,1-4H3/t8-,9-/m0/s1. The number of oxime groups is 1. The van der Waals surface area contributed by atoms with Crippen molar-refractivity contribution in [2.24, 2.45) is 11.1 Å². The summed E-state index contributed by atoms with van der Waals surface area (Å²) in [6.07, 6.45) is -0.694. The highest BCUT2D eigenvalue weighted by molar-refractivity contribution is 6.37. The van der Waals surface area contributed by atoms with Crippen LogP contribution in [0.1, 0.15) is 27.7 Å². The van der Waals surface area contributed by atoms with Gasteiger partial charge in [0.1, 0.15) is 5.60 Å². The molecular weight excluding hydrogens is 264 g/mol. The molecule has 0 unspecified atom stereocenters. The van der Waals surface area contributed by atoms with Crippen molar-refractivity contribution < 1.29 is 23.9 Å². The number of nitrogens with zero attached hydrogens (tertiary/aromatic N) is 2. The molecule has 1 saturated heterocycles. The van der Waals surface area contributed by atoms with Crippen LogP contribution in [-0.4, -0.2) is 54.1 Å². The van der Waals surface area contributed by atoms with Crippen LogP contribution in [0.4, 0.5) is 4.79 Å². The topological polar surface area (TPSA) is 77.4 Å². The second kappa shape index (κ2) is 5.30.